The first-order chi connectivity index (χ1) is 10.6. The maximum atomic E-state index is 12.0. The summed E-state index contributed by atoms with van der Waals surface area (Å²) in [6.07, 6.45) is -0.581. The van der Waals surface area contributed by atoms with Crippen LogP contribution in [0.3, 0.4) is 0 Å². The summed E-state index contributed by atoms with van der Waals surface area (Å²) in [5.41, 5.74) is 0.0116. The summed E-state index contributed by atoms with van der Waals surface area (Å²) in [6, 6.07) is 4.64. The maximum absolute atomic E-state index is 12.0. The first kappa shape index (κ1) is 20.4. The molecule has 2 unspecified atom stereocenters. The molecule has 0 aliphatic heterocycles. The lowest BCUT2D eigenvalue weighted by Crippen LogP contribution is -2.40. The molecule has 0 aliphatic carbocycles. The third kappa shape index (κ3) is 7.18. The van der Waals surface area contributed by atoms with Crippen molar-refractivity contribution in [3.8, 4) is 0 Å². The largest absolute Gasteiger partial charge is 0.598 e. The topological polar surface area (TPSA) is 73.4 Å². The van der Waals surface area contributed by atoms with E-state index in [0.29, 0.717) is 21.4 Å². The summed E-state index contributed by atoms with van der Waals surface area (Å²) < 4.78 is 19.7. The van der Waals surface area contributed by atoms with Gasteiger partial charge in [0, 0.05) is 11.4 Å². The fourth-order valence-electron chi connectivity index (χ4n) is 1.76. The van der Waals surface area contributed by atoms with Crippen molar-refractivity contribution < 1.29 is 14.1 Å². The van der Waals surface area contributed by atoms with E-state index in [1.54, 1.807) is 45.9 Å². The Labute approximate surface area is 150 Å². The van der Waals surface area contributed by atoms with Gasteiger partial charge in [-0.25, -0.2) is 4.79 Å². The van der Waals surface area contributed by atoms with Gasteiger partial charge in [0.2, 0.25) is 0 Å². The molecule has 0 aromatic heterocycles. The third-order valence-corrected chi connectivity index (χ3v) is 4.61. The number of halogens is 2. The van der Waals surface area contributed by atoms with E-state index in [9.17, 15) is 9.35 Å². The van der Waals surface area contributed by atoms with Gasteiger partial charge in [-0.3, -0.25) is 0 Å². The van der Waals surface area contributed by atoms with Crippen LogP contribution in [0, 0.1) is 0 Å². The van der Waals surface area contributed by atoms with E-state index in [4.69, 9.17) is 27.9 Å². The molecule has 0 saturated carbocycles. The van der Waals surface area contributed by atoms with Crippen molar-refractivity contribution in [3.05, 3.63) is 33.8 Å². The number of rotatable bonds is 6. The van der Waals surface area contributed by atoms with E-state index in [1.807, 2.05) is 0 Å². The Morgan fingerprint density at radius 2 is 2.04 bits per heavy atom. The second kappa shape index (κ2) is 8.99. The van der Waals surface area contributed by atoms with Gasteiger partial charge < -0.3 is 14.6 Å². The molecular formula is C15H22Cl2N2O3S. The van der Waals surface area contributed by atoms with Crippen LogP contribution < -0.4 is 10.0 Å². The number of hydrogen-bond acceptors (Lipinski definition) is 4. The summed E-state index contributed by atoms with van der Waals surface area (Å²) in [6.45, 7) is 7.36. The fraction of sp³-hybridized carbons (Fsp3) is 0.533. The molecule has 2 atom stereocenters. The highest BCUT2D eigenvalue weighted by Gasteiger charge is 2.23. The number of carbonyl (C=O) groups excluding carboxylic acids is 1. The summed E-state index contributed by atoms with van der Waals surface area (Å²) in [4.78, 5) is 12.0. The second-order valence-electron chi connectivity index (χ2n) is 5.82. The van der Waals surface area contributed by atoms with E-state index in [2.05, 4.69) is 10.0 Å². The Hall–Kier alpha value is -0.660. The molecule has 0 spiro atoms. The van der Waals surface area contributed by atoms with Crippen molar-refractivity contribution >= 4 is 40.7 Å². The standard InChI is InChI=1S/C15H22Cl2N2O3S/c1-5-23(21)18-9-12(19-14(20)22-15(2,3)4)10-7-6-8-11(16)13(10)17/h6-8,12,18H,5,9H2,1-4H3,(H,19,20). The predicted molar refractivity (Wildman–Crippen MR) is 95.3 cm³/mol. The van der Waals surface area contributed by atoms with Crippen molar-refractivity contribution in [2.75, 3.05) is 12.3 Å². The minimum absolute atomic E-state index is 0.236. The number of benzene rings is 1. The molecule has 1 amide bonds. The first-order valence-corrected chi connectivity index (χ1v) is 9.26. The van der Waals surface area contributed by atoms with Gasteiger partial charge in [0.15, 0.2) is 0 Å². The molecule has 0 radical (unpaired) electrons. The maximum Gasteiger partial charge on any atom is 0.408 e. The molecule has 5 nitrogen and oxygen atoms in total. The van der Waals surface area contributed by atoms with Gasteiger partial charge in [0.1, 0.15) is 11.4 Å². The highest BCUT2D eigenvalue weighted by Crippen LogP contribution is 2.30. The van der Waals surface area contributed by atoms with Gasteiger partial charge in [-0.15, -0.1) is 4.72 Å². The molecule has 8 heteroatoms. The molecule has 0 aliphatic rings. The Bertz CT molecular complexity index is 538. The molecule has 23 heavy (non-hydrogen) atoms. The Morgan fingerprint density at radius 1 is 1.39 bits per heavy atom. The highest BCUT2D eigenvalue weighted by atomic mass is 35.5. The molecule has 1 aromatic rings. The Kier molecular flexibility index (Phi) is 7.97. The predicted octanol–water partition coefficient (Wildman–Crippen LogP) is 3.83. The van der Waals surface area contributed by atoms with Crippen molar-refractivity contribution in [1.29, 1.82) is 0 Å². The van der Waals surface area contributed by atoms with Crippen LogP contribution in [0.4, 0.5) is 4.79 Å². The number of carbonyl (C=O) groups is 1. The average molecular weight is 381 g/mol. The van der Waals surface area contributed by atoms with Crippen LogP contribution in [-0.4, -0.2) is 28.5 Å². The Balaban J connectivity index is 2.93. The van der Waals surface area contributed by atoms with Crippen molar-refractivity contribution in [1.82, 2.24) is 10.0 Å². The number of alkyl carbamates (subject to hydrolysis) is 1. The quantitative estimate of drug-likeness (QED) is 0.735. The fourth-order valence-corrected chi connectivity index (χ4v) is 2.75. The van der Waals surface area contributed by atoms with E-state index in [1.165, 1.54) is 0 Å². The first-order valence-electron chi connectivity index (χ1n) is 7.19. The number of amides is 1. The zero-order valence-corrected chi connectivity index (χ0v) is 15.9. The molecule has 0 bridgehead atoms. The summed E-state index contributed by atoms with van der Waals surface area (Å²) in [5, 5.41) is 3.47. The monoisotopic (exact) mass is 380 g/mol. The molecule has 0 saturated heterocycles. The normalized spacial score (nSPS) is 14.2. The molecule has 0 heterocycles. The summed E-state index contributed by atoms with van der Waals surface area (Å²) >= 11 is 11.1. The van der Waals surface area contributed by atoms with Gasteiger partial charge in [0.25, 0.3) is 0 Å². The van der Waals surface area contributed by atoms with Crippen LogP contribution in [-0.2, 0) is 16.1 Å². The van der Waals surface area contributed by atoms with Gasteiger partial charge in [-0.2, -0.15) is 0 Å². The van der Waals surface area contributed by atoms with E-state index in [-0.39, 0.29) is 6.54 Å². The summed E-state index contributed by atoms with van der Waals surface area (Å²) in [5.74, 6) is 0.461. The lowest BCUT2D eigenvalue weighted by atomic mass is 10.1. The van der Waals surface area contributed by atoms with Crippen molar-refractivity contribution in [3.63, 3.8) is 0 Å². The number of hydrogen-bond donors (Lipinski definition) is 2. The zero-order valence-electron chi connectivity index (χ0n) is 13.6. The van der Waals surface area contributed by atoms with Crippen LogP contribution in [0.2, 0.25) is 10.0 Å². The smallest absolute Gasteiger partial charge is 0.408 e. The van der Waals surface area contributed by atoms with Crippen LogP contribution in [0.25, 0.3) is 0 Å². The van der Waals surface area contributed by atoms with Crippen LogP contribution in [0.15, 0.2) is 18.2 Å². The van der Waals surface area contributed by atoms with Crippen molar-refractivity contribution in [2.24, 2.45) is 0 Å². The van der Waals surface area contributed by atoms with E-state index >= 15 is 0 Å². The minimum atomic E-state index is -1.19. The van der Waals surface area contributed by atoms with Gasteiger partial charge in [-0.1, -0.05) is 35.3 Å². The molecule has 0 fully saturated rings. The zero-order chi connectivity index (χ0) is 17.6. The lowest BCUT2D eigenvalue weighted by molar-refractivity contribution is 0.0504. The Morgan fingerprint density at radius 3 is 2.61 bits per heavy atom. The second-order valence-corrected chi connectivity index (χ2v) is 8.17. The number of nitrogens with one attached hydrogen (secondary N) is 2. The molecule has 1 rings (SSSR count). The average Bonchev–Trinajstić information content (AvgIpc) is 2.44. The molecule has 2 N–H and O–H groups in total. The van der Waals surface area contributed by atoms with Gasteiger partial charge in [-0.05, 0) is 39.3 Å². The molecule has 1 aromatic carbocycles. The number of ether oxygens (including phenoxy) is 1. The lowest BCUT2D eigenvalue weighted by Gasteiger charge is -2.25. The van der Waals surface area contributed by atoms with E-state index in [0.717, 1.165) is 0 Å². The van der Waals surface area contributed by atoms with Crippen molar-refractivity contribution in [2.45, 2.75) is 39.3 Å². The molecular weight excluding hydrogens is 359 g/mol. The van der Waals surface area contributed by atoms with Gasteiger partial charge >= 0.3 is 6.09 Å². The highest BCUT2D eigenvalue weighted by molar-refractivity contribution is 7.89. The minimum Gasteiger partial charge on any atom is -0.598 e. The van der Waals surface area contributed by atoms with E-state index < -0.39 is 29.1 Å². The molecule has 130 valence electrons. The third-order valence-electron chi connectivity index (χ3n) is 2.76. The van der Waals surface area contributed by atoms with Crippen LogP contribution >= 0.6 is 23.2 Å². The SMILES string of the molecule is CC[S+]([O-])NCC(NC(=O)OC(C)(C)C)c1cccc(Cl)c1Cl. The van der Waals surface area contributed by atoms with Crippen LogP contribution in [0.1, 0.15) is 39.3 Å². The van der Waals surface area contributed by atoms with Gasteiger partial charge in [0.05, 0.1) is 22.6 Å². The van der Waals surface area contributed by atoms with Crippen LogP contribution in [0.5, 0.6) is 0 Å². The summed E-state index contributed by atoms with van der Waals surface area (Å²) in [7, 11) is 0.